The van der Waals surface area contributed by atoms with Gasteiger partial charge in [-0.1, -0.05) is 26.2 Å². The van der Waals surface area contributed by atoms with Crippen LogP contribution in [0.25, 0.3) is 10.9 Å². The van der Waals surface area contributed by atoms with Crippen LogP contribution in [0, 0.1) is 12.8 Å². The number of aryl methyl sites for hydroxylation is 2. The first-order valence-electron chi connectivity index (χ1n) is 10.5. The van der Waals surface area contributed by atoms with Gasteiger partial charge in [0, 0.05) is 41.7 Å². The maximum atomic E-state index is 12.7. The van der Waals surface area contributed by atoms with Gasteiger partial charge in [-0.05, 0) is 32.6 Å². The number of rotatable bonds is 4. The zero-order valence-electron chi connectivity index (χ0n) is 16.5. The number of piperidine rings is 1. The van der Waals surface area contributed by atoms with E-state index in [1.54, 1.807) is 11.3 Å². The van der Waals surface area contributed by atoms with Gasteiger partial charge in [-0.25, -0.2) is 9.97 Å². The van der Waals surface area contributed by atoms with Crippen LogP contribution in [0.2, 0.25) is 0 Å². The molecule has 2 fully saturated rings. The predicted molar refractivity (Wildman–Crippen MR) is 111 cm³/mol. The monoisotopic (exact) mass is 386 g/mol. The number of hydrogen-bond acceptors (Lipinski definition) is 5. The average Bonchev–Trinajstić information content (AvgIpc) is 3.09. The second kappa shape index (κ2) is 8.13. The largest absolute Gasteiger partial charge is 0.356 e. The van der Waals surface area contributed by atoms with Crippen LogP contribution >= 0.6 is 11.3 Å². The molecule has 1 saturated heterocycles. The van der Waals surface area contributed by atoms with E-state index in [9.17, 15) is 4.79 Å². The second-order valence-electron chi connectivity index (χ2n) is 7.97. The van der Waals surface area contributed by atoms with E-state index >= 15 is 0 Å². The topological polar surface area (TPSA) is 58.1 Å². The Morgan fingerprint density at radius 2 is 1.93 bits per heavy atom. The Labute approximate surface area is 165 Å². The molecule has 0 spiro atoms. The van der Waals surface area contributed by atoms with Crippen LogP contribution in [0.15, 0.2) is 5.38 Å². The SMILES string of the molecule is CCc1nc(N2CCC(C(=O)NC3CCCCC3)CC2)c2c(C)scc2n1. The van der Waals surface area contributed by atoms with E-state index < -0.39 is 0 Å². The summed E-state index contributed by atoms with van der Waals surface area (Å²) in [4.78, 5) is 25.9. The Morgan fingerprint density at radius 1 is 1.19 bits per heavy atom. The molecule has 5 nitrogen and oxygen atoms in total. The number of hydrogen-bond donors (Lipinski definition) is 1. The van der Waals surface area contributed by atoms with Crippen LogP contribution in [0.1, 0.15) is 62.6 Å². The highest BCUT2D eigenvalue weighted by Crippen LogP contribution is 2.33. The molecule has 146 valence electrons. The normalized spacial score (nSPS) is 19.6. The lowest BCUT2D eigenvalue weighted by atomic mass is 9.92. The lowest BCUT2D eigenvalue weighted by Crippen LogP contribution is -2.44. The molecular formula is C21H30N4OS. The minimum atomic E-state index is 0.148. The standard InChI is InChI=1S/C21H30N4OS/c1-3-18-23-17-13-27-14(2)19(17)20(24-18)25-11-9-15(10-12-25)21(26)22-16-7-5-4-6-8-16/h13,15-16H,3-12H2,1-2H3,(H,22,26). The molecule has 4 rings (SSSR count). The molecule has 27 heavy (non-hydrogen) atoms. The van der Waals surface area contributed by atoms with E-state index in [0.29, 0.717) is 6.04 Å². The molecule has 0 bridgehead atoms. The van der Waals surface area contributed by atoms with Crippen molar-refractivity contribution in [1.82, 2.24) is 15.3 Å². The quantitative estimate of drug-likeness (QED) is 0.854. The van der Waals surface area contributed by atoms with Crippen LogP contribution < -0.4 is 10.2 Å². The van der Waals surface area contributed by atoms with Gasteiger partial charge in [-0.15, -0.1) is 11.3 Å². The van der Waals surface area contributed by atoms with Crippen molar-refractivity contribution in [1.29, 1.82) is 0 Å². The van der Waals surface area contributed by atoms with Crippen molar-refractivity contribution in [3.8, 4) is 0 Å². The summed E-state index contributed by atoms with van der Waals surface area (Å²) in [6, 6.07) is 0.409. The van der Waals surface area contributed by atoms with Gasteiger partial charge in [0.05, 0.1) is 10.9 Å². The van der Waals surface area contributed by atoms with Crippen LogP contribution in [0.4, 0.5) is 5.82 Å². The lowest BCUT2D eigenvalue weighted by Gasteiger charge is -2.34. The average molecular weight is 387 g/mol. The van der Waals surface area contributed by atoms with Crippen molar-refractivity contribution in [2.75, 3.05) is 18.0 Å². The van der Waals surface area contributed by atoms with Crippen molar-refractivity contribution >= 4 is 34.0 Å². The summed E-state index contributed by atoms with van der Waals surface area (Å²) in [5.74, 6) is 2.40. The van der Waals surface area contributed by atoms with Gasteiger partial charge in [-0.2, -0.15) is 0 Å². The van der Waals surface area contributed by atoms with Gasteiger partial charge < -0.3 is 10.2 Å². The maximum Gasteiger partial charge on any atom is 0.223 e. The fourth-order valence-electron chi connectivity index (χ4n) is 4.45. The molecule has 0 radical (unpaired) electrons. The number of amides is 1. The highest BCUT2D eigenvalue weighted by atomic mass is 32.1. The zero-order valence-corrected chi connectivity index (χ0v) is 17.3. The second-order valence-corrected chi connectivity index (χ2v) is 9.06. The summed E-state index contributed by atoms with van der Waals surface area (Å²) in [7, 11) is 0. The van der Waals surface area contributed by atoms with Gasteiger partial charge >= 0.3 is 0 Å². The lowest BCUT2D eigenvalue weighted by molar-refractivity contribution is -0.126. The van der Waals surface area contributed by atoms with Crippen LogP contribution in [0.3, 0.4) is 0 Å². The number of aromatic nitrogens is 2. The van der Waals surface area contributed by atoms with E-state index in [2.05, 4.69) is 34.4 Å². The van der Waals surface area contributed by atoms with Crippen molar-refractivity contribution < 1.29 is 4.79 Å². The molecule has 6 heteroatoms. The summed E-state index contributed by atoms with van der Waals surface area (Å²) < 4.78 is 0. The van der Waals surface area contributed by atoms with E-state index in [0.717, 1.165) is 62.4 Å². The number of nitrogens with zero attached hydrogens (tertiary/aromatic N) is 3. The Hall–Kier alpha value is -1.69. The summed E-state index contributed by atoms with van der Waals surface area (Å²) in [6.45, 7) is 6.04. The summed E-state index contributed by atoms with van der Waals surface area (Å²) in [5.41, 5.74) is 1.07. The molecule has 3 heterocycles. The first-order valence-corrected chi connectivity index (χ1v) is 11.3. The molecule has 2 aromatic heterocycles. The summed E-state index contributed by atoms with van der Waals surface area (Å²) >= 11 is 1.75. The minimum absolute atomic E-state index is 0.148. The van der Waals surface area contributed by atoms with E-state index in [4.69, 9.17) is 4.98 Å². The van der Waals surface area contributed by atoms with E-state index in [1.165, 1.54) is 29.5 Å². The van der Waals surface area contributed by atoms with E-state index in [1.807, 2.05) is 0 Å². The molecule has 1 amide bonds. The number of nitrogens with one attached hydrogen (secondary N) is 1. The number of thiophene rings is 1. The van der Waals surface area contributed by atoms with Crippen molar-refractivity contribution in [2.45, 2.75) is 71.3 Å². The Morgan fingerprint density at radius 3 is 2.63 bits per heavy atom. The molecule has 1 N–H and O–H groups in total. The Balaban J connectivity index is 1.44. The molecule has 1 aliphatic heterocycles. The van der Waals surface area contributed by atoms with Crippen LogP contribution in [0.5, 0.6) is 0 Å². The number of carbonyl (C=O) groups excluding carboxylic acids is 1. The fraction of sp³-hybridized carbons (Fsp3) is 0.667. The van der Waals surface area contributed by atoms with Crippen molar-refractivity contribution in [3.05, 3.63) is 16.1 Å². The molecular weight excluding hydrogens is 356 g/mol. The predicted octanol–water partition coefficient (Wildman–Crippen LogP) is 4.23. The van der Waals surface area contributed by atoms with E-state index in [-0.39, 0.29) is 11.8 Å². The zero-order chi connectivity index (χ0) is 18.8. The molecule has 1 aliphatic carbocycles. The molecule has 1 saturated carbocycles. The third kappa shape index (κ3) is 3.96. The molecule has 0 unspecified atom stereocenters. The maximum absolute atomic E-state index is 12.7. The number of carbonyl (C=O) groups is 1. The molecule has 2 aliphatic rings. The Kier molecular flexibility index (Phi) is 5.62. The van der Waals surface area contributed by atoms with Gasteiger partial charge in [0.15, 0.2) is 0 Å². The molecule has 2 aromatic rings. The number of anilines is 1. The number of fused-ring (bicyclic) bond motifs is 1. The fourth-order valence-corrected chi connectivity index (χ4v) is 5.22. The van der Waals surface area contributed by atoms with Gasteiger partial charge in [0.25, 0.3) is 0 Å². The summed E-state index contributed by atoms with van der Waals surface area (Å²) in [5, 5.41) is 6.65. The van der Waals surface area contributed by atoms with Gasteiger partial charge in [-0.3, -0.25) is 4.79 Å². The third-order valence-corrected chi connectivity index (χ3v) is 7.00. The minimum Gasteiger partial charge on any atom is -0.356 e. The third-order valence-electron chi connectivity index (χ3n) is 6.10. The molecule has 0 aromatic carbocycles. The van der Waals surface area contributed by atoms with Crippen LogP contribution in [-0.2, 0) is 11.2 Å². The first kappa shape index (κ1) is 18.7. The first-order chi connectivity index (χ1) is 13.2. The summed E-state index contributed by atoms with van der Waals surface area (Å²) in [6.07, 6.45) is 8.81. The Bertz CT molecular complexity index is 804. The smallest absolute Gasteiger partial charge is 0.223 e. The van der Waals surface area contributed by atoms with Gasteiger partial charge in [0.2, 0.25) is 5.91 Å². The molecule has 0 atom stereocenters. The van der Waals surface area contributed by atoms with Gasteiger partial charge in [0.1, 0.15) is 11.6 Å². The van der Waals surface area contributed by atoms with Crippen molar-refractivity contribution in [3.63, 3.8) is 0 Å². The van der Waals surface area contributed by atoms with Crippen molar-refractivity contribution in [2.24, 2.45) is 5.92 Å². The van der Waals surface area contributed by atoms with Crippen LogP contribution in [-0.4, -0.2) is 35.0 Å². The highest BCUT2D eigenvalue weighted by molar-refractivity contribution is 7.11. The highest BCUT2D eigenvalue weighted by Gasteiger charge is 2.28.